The van der Waals surface area contributed by atoms with Crippen molar-refractivity contribution in [2.45, 2.75) is 40.0 Å². The van der Waals surface area contributed by atoms with Crippen molar-refractivity contribution in [3.63, 3.8) is 0 Å². The van der Waals surface area contributed by atoms with Gasteiger partial charge in [-0.25, -0.2) is 0 Å². The third-order valence-corrected chi connectivity index (χ3v) is 2.75. The third kappa shape index (κ3) is 6.18. The first-order valence-electron chi connectivity index (χ1n) is 6.99. The first-order chi connectivity index (χ1) is 9.13. The van der Waals surface area contributed by atoms with Crippen LogP contribution in [0.1, 0.15) is 50.5 Å². The standard InChI is InChI=1S/C14H24N4O/c1-4-15-13-9-8-12(17-18-13)14(19)16-10-6-5-7-11(2)3/h8-9,11H,4-7,10H2,1-3H3,(H,15,18)(H,16,19). The number of rotatable bonds is 8. The van der Waals surface area contributed by atoms with E-state index in [0.717, 1.165) is 25.3 Å². The molecule has 0 bridgehead atoms. The number of hydrogen-bond acceptors (Lipinski definition) is 4. The largest absolute Gasteiger partial charge is 0.369 e. The van der Waals surface area contributed by atoms with Crippen molar-refractivity contribution in [2.24, 2.45) is 5.92 Å². The Morgan fingerprint density at radius 2 is 2.05 bits per heavy atom. The van der Waals surface area contributed by atoms with Gasteiger partial charge in [0.15, 0.2) is 5.69 Å². The summed E-state index contributed by atoms with van der Waals surface area (Å²) in [5.74, 6) is 1.26. The highest BCUT2D eigenvalue weighted by molar-refractivity contribution is 5.92. The van der Waals surface area contributed by atoms with Gasteiger partial charge in [-0.3, -0.25) is 4.79 Å². The normalized spacial score (nSPS) is 10.5. The third-order valence-electron chi connectivity index (χ3n) is 2.75. The van der Waals surface area contributed by atoms with Gasteiger partial charge in [-0.05, 0) is 31.4 Å². The van der Waals surface area contributed by atoms with E-state index < -0.39 is 0 Å². The molecule has 0 aromatic carbocycles. The van der Waals surface area contributed by atoms with Gasteiger partial charge in [0.1, 0.15) is 5.82 Å². The SMILES string of the molecule is CCNc1ccc(C(=O)NCCCCC(C)C)nn1. The lowest BCUT2D eigenvalue weighted by atomic mass is 10.1. The number of carbonyl (C=O) groups excluding carboxylic acids is 1. The highest BCUT2D eigenvalue weighted by atomic mass is 16.1. The second kappa shape index (κ2) is 8.45. The van der Waals surface area contributed by atoms with Crippen LogP contribution in [0.3, 0.4) is 0 Å². The number of carbonyl (C=O) groups is 1. The number of nitrogens with zero attached hydrogens (tertiary/aromatic N) is 2. The fraction of sp³-hybridized carbons (Fsp3) is 0.643. The van der Waals surface area contributed by atoms with Crippen LogP contribution in [0.2, 0.25) is 0 Å². The lowest BCUT2D eigenvalue weighted by Crippen LogP contribution is -2.25. The predicted molar refractivity (Wildman–Crippen MR) is 77.2 cm³/mol. The summed E-state index contributed by atoms with van der Waals surface area (Å²) in [6, 6.07) is 3.46. The van der Waals surface area contributed by atoms with Gasteiger partial charge < -0.3 is 10.6 Å². The van der Waals surface area contributed by atoms with E-state index in [1.54, 1.807) is 12.1 Å². The summed E-state index contributed by atoms with van der Waals surface area (Å²) in [6.45, 7) is 7.89. The van der Waals surface area contributed by atoms with Crippen LogP contribution in [0, 0.1) is 5.92 Å². The van der Waals surface area contributed by atoms with Crippen molar-refractivity contribution in [3.05, 3.63) is 17.8 Å². The molecule has 0 aliphatic heterocycles. The van der Waals surface area contributed by atoms with Gasteiger partial charge in [-0.15, -0.1) is 10.2 Å². The van der Waals surface area contributed by atoms with E-state index in [4.69, 9.17) is 0 Å². The molecule has 0 saturated heterocycles. The molecule has 1 aromatic heterocycles. The molecule has 0 aliphatic carbocycles. The highest BCUT2D eigenvalue weighted by Gasteiger charge is 2.07. The molecule has 0 atom stereocenters. The lowest BCUT2D eigenvalue weighted by molar-refractivity contribution is 0.0947. The summed E-state index contributed by atoms with van der Waals surface area (Å²) in [6.07, 6.45) is 3.35. The zero-order chi connectivity index (χ0) is 14.1. The molecule has 1 amide bonds. The smallest absolute Gasteiger partial charge is 0.271 e. The molecule has 1 rings (SSSR count). The number of unbranched alkanes of at least 4 members (excludes halogenated alkanes) is 1. The maximum absolute atomic E-state index is 11.8. The minimum Gasteiger partial charge on any atom is -0.369 e. The van der Waals surface area contributed by atoms with Gasteiger partial charge in [-0.2, -0.15) is 0 Å². The zero-order valence-corrected chi connectivity index (χ0v) is 12.1. The Morgan fingerprint density at radius 3 is 2.63 bits per heavy atom. The molecule has 0 radical (unpaired) electrons. The Morgan fingerprint density at radius 1 is 1.26 bits per heavy atom. The second-order valence-electron chi connectivity index (χ2n) is 4.98. The number of anilines is 1. The van der Waals surface area contributed by atoms with E-state index in [9.17, 15) is 4.79 Å². The molecule has 1 aromatic rings. The molecular formula is C14H24N4O. The van der Waals surface area contributed by atoms with Gasteiger partial charge in [0, 0.05) is 13.1 Å². The lowest BCUT2D eigenvalue weighted by Gasteiger charge is -2.06. The first-order valence-corrected chi connectivity index (χ1v) is 6.99. The molecular weight excluding hydrogens is 240 g/mol. The highest BCUT2D eigenvalue weighted by Crippen LogP contribution is 2.05. The van der Waals surface area contributed by atoms with Crippen LogP contribution in [0.15, 0.2) is 12.1 Å². The van der Waals surface area contributed by atoms with Gasteiger partial charge in [0.25, 0.3) is 5.91 Å². The average molecular weight is 264 g/mol. The van der Waals surface area contributed by atoms with E-state index in [1.807, 2.05) is 6.92 Å². The van der Waals surface area contributed by atoms with Gasteiger partial charge in [0.05, 0.1) is 0 Å². The minimum atomic E-state index is -0.153. The summed E-state index contributed by atoms with van der Waals surface area (Å²) >= 11 is 0. The number of hydrogen-bond donors (Lipinski definition) is 2. The van der Waals surface area contributed by atoms with Crippen LogP contribution in [0.5, 0.6) is 0 Å². The Labute approximate surface area is 115 Å². The zero-order valence-electron chi connectivity index (χ0n) is 12.1. The summed E-state index contributed by atoms with van der Waals surface area (Å²) in [4.78, 5) is 11.8. The Balaban J connectivity index is 2.29. The monoisotopic (exact) mass is 264 g/mol. The van der Waals surface area contributed by atoms with Crippen LogP contribution >= 0.6 is 0 Å². The fourth-order valence-electron chi connectivity index (χ4n) is 1.70. The van der Waals surface area contributed by atoms with Crippen molar-refractivity contribution in [2.75, 3.05) is 18.4 Å². The van der Waals surface area contributed by atoms with Crippen LogP contribution < -0.4 is 10.6 Å². The Hall–Kier alpha value is -1.65. The summed E-state index contributed by atoms with van der Waals surface area (Å²) in [5, 5.41) is 13.7. The van der Waals surface area contributed by atoms with Gasteiger partial charge in [-0.1, -0.05) is 26.7 Å². The van der Waals surface area contributed by atoms with E-state index >= 15 is 0 Å². The van der Waals surface area contributed by atoms with Crippen LogP contribution in [-0.2, 0) is 0 Å². The van der Waals surface area contributed by atoms with E-state index in [2.05, 4.69) is 34.7 Å². The molecule has 2 N–H and O–H groups in total. The molecule has 0 saturated carbocycles. The molecule has 1 heterocycles. The molecule has 5 heteroatoms. The molecule has 0 spiro atoms. The fourth-order valence-corrected chi connectivity index (χ4v) is 1.70. The minimum absolute atomic E-state index is 0.153. The van der Waals surface area contributed by atoms with Crippen LogP contribution in [-0.4, -0.2) is 29.2 Å². The molecule has 106 valence electrons. The number of aromatic nitrogens is 2. The van der Waals surface area contributed by atoms with Gasteiger partial charge in [0.2, 0.25) is 0 Å². The Bertz CT molecular complexity index is 376. The van der Waals surface area contributed by atoms with E-state index in [-0.39, 0.29) is 5.91 Å². The van der Waals surface area contributed by atoms with Crippen molar-refractivity contribution >= 4 is 11.7 Å². The summed E-state index contributed by atoms with van der Waals surface area (Å²) in [5.41, 5.74) is 0.366. The molecule has 19 heavy (non-hydrogen) atoms. The summed E-state index contributed by atoms with van der Waals surface area (Å²) < 4.78 is 0. The van der Waals surface area contributed by atoms with Crippen LogP contribution in [0.25, 0.3) is 0 Å². The van der Waals surface area contributed by atoms with E-state index in [1.165, 1.54) is 6.42 Å². The topological polar surface area (TPSA) is 66.9 Å². The average Bonchev–Trinajstić information content (AvgIpc) is 2.39. The maximum Gasteiger partial charge on any atom is 0.271 e. The number of amides is 1. The molecule has 0 unspecified atom stereocenters. The molecule has 5 nitrogen and oxygen atoms in total. The molecule has 0 aliphatic rings. The quantitative estimate of drug-likeness (QED) is 0.708. The summed E-state index contributed by atoms with van der Waals surface area (Å²) in [7, 11) is 0. The number of nitrogens with one attached hydrogen (secondary N) is 2. The van der Waals surface area contributed by atoms with E-state index in [0.29, 0.717) is 18.1 Å². The Kier molecular flexibility index (Phi) is 6.85. The van der Waals surface area contributed by atoms with Crippen molar-refractivity contribution in [1.82, 2.24) is 15.5 Å². The second-order valence-corrected chi connectivity index (χ2v) is 4.98. The maximum atomic E-state index is 11.8. The van der Waals surface area contributed by atoms with Crippen molar-refractivity contribution in [3.8, 4) is 0 Å². The van der Waals surface area contributed by atoms with Crippen molar-refractivity contribution < 1.29 is 4.79 Å². The van der Waals surface area contributed by atoms with Crippen LogP contribution in [0.4, 0.5) is 5.82 Å². The van der Waals surface area contributed by atoms with Gasteiger partial charge >= 0.3 is 0 Å². The first kappa shape index (κ1) is 15.4. The predicted octanol–water partition coefficient (Wildman–Crippen LogP) is 2.46. The molecule has 0 fully saturated rings. The van der Waals surface area contributed by atoms with Crippen molar-refractivity contribution in [1.29, 1.82) is 0 Å².